The Morgan fingerprint density at radius 1 is 1.27 bits per heavy atom. The fraction of sp³-hybridized carbons (Fsp3) is 0.417. The molecule has 0 spiro atoms. The molecule has 82 valence electrons. The zero-order chi connectivity index (χ0) is 11.3. The molecule has 0 aliphatic heterocycles. The van der Waals surface area contributed by atoms with Crippen LogP contribution < -0.4 is 5.32 Å². The SMILES string of the molecule is CC(C)(C)Nc1ccc(COC=O)cc1. The van der Waals surface area contributed by atoms with Crippen molar-refractivity contribution in [1.82, 2.24) is 0 Å². The number of ether oxygens (including phenoxy) is 1. The van der Waals surface area contributed by atoms with Crippen LogP contribution in [0.3, 0.4) is 0 Å². The van der Waals surface area contributed by atoms with Gasteiger partial charge in [0.2, 0.25) is 0 Å². The Labute approximate surface area is 90.4 Å². The second-order valence-corrected chi connectivity index (χ2v) is 4.48. The van der Waals surface area contributed by atoms with Crippen LogP contribution in [0.5, 0.6) is 0 Å². The van der Waals surface area contributed by atoms with Crippen molar-refractivity contribution in [3.05, 3.63) is 29.8 Å². The zero-order valence-electron chi connectivity index (χ0n) is 9.41. The second-order valence-electron chi connectivity index (χ2n) is 4.48. The van der Waals surface area contributed by atoms with E-state index in [-0.39, 0.29) is 5.54 Å². The molecule has 1 N–H and O–H groups in total. The molecule has 15 heavy (non-hydrogen) atoms. The molecule has 0 saturated carbocycles. The Morgan fingerprint density at radius 3 is 2.33 bits per heavy atom. The van der Waals surface area contributed by atoms with Crippen molar-refractivity contribution in [2.24, 2.45) is 0 Å². The Morgan fingerprint density at radius 2 is 1.87 bits per heavy atom. The molecular formula is C12H17NO2. The molecule has 0 radical (unpaired) electrons. The minimum Gasteiger partial charge on any atom is -0.463 e. The molecule has 0 aliphatic rings. The molecule has 0 amide bonds. The first kappa shape index (κ1) is 11.6. The normalized spacial score (nSPS) is 10.9. The molecule has 0 heterocycles. The zero-order valence-corrected chi connectivity index (χ0v) is 9.41. The third-order valence-electron chi connectivity index (χ3n) is 1.79. The first-order valence-corrected chi connectivity index (χ1v) is 4.94. The highest BCUT2D eigenvalue weighted by molar-refractivity contribution is 5.46. The molecule has 3 nitrogen and oxygen atoms in total. The van der Waals surface area contributed by atoms with E-state index >= 15 is 0 Å². The number of hydrogen-bond donors (Lipinski definition) is 1. The monoisotopic (exact) mass is 207 g/mol. The molecule has 0 bridgehead atoms. The Balaban J connectivity index is 2.60. The van der Waals surface area contributed by atoms with Crippen LogP contribution in [-0.4, -0.2) is 12.0 Å². The number of anilines is 1. The number of nitrogens with one attached hydrogen (secondary N) is 1. The summed E-state index contributed by atoms with van der Waals surface area (Å²) in [7, 11) is 0. The molecule has 0 saturated heterocycles. The summed E-state index contributed by atoms with van der Waals surface area (Å²) in [4.78, 5) is 10.00. The van der Waals surface area contributed by atoms with Gasteiger partial charge in [-0.25, -0.2) is 0 Å². The maximum Gasteiger partial charge on any atom is 0.293 e. The first-order valence-electron chi connectivity index (χ1n) is 4.94. The number of rotatable bonds is 4. The van der Waals surface area contributed by atoms with E-state index in [9.17, 15) is 4.79 Å². The van der Waals surface area contributed by atoms with E-state index < -0.39 is 0 Å². The maximum atomic E-state index is 10.00. The maximum absolute atomic E-state index is 10.00. The van der Waals surface area contributed by atoms with Crippen molar-refractivity contribution in [2.75, 3.05) is 5.32 Å². The average molecular weight is 207 g/mol. The smallest absolute Gasteiger partial charge is 0.293 e. The Kier molecular flexibility index (Phi) is 3.72. The molecule has 0 atom stereocenters. The van der Waals surface area contributed by atoms with Gasteiger partial charge in [0.05, 0.1) is 0 Å². The van der Waals surface area contributed by atoms with Crippen molar-refractivity contribution < 1.29 is 9.53 Å². The van der Waals surface area contributed by atoms with Gasteiger partial charge in [-0.3, -0.25) is 4.79 Å². The van der Waals surface area contributed by atoms with Crippen LogP contribution in [0, 0.1) is 0 Å². The van der Waals surface area contributed by atoms with Crippen molar-refractivity contribution in [3.63, 3.8) is 0 Å². The molecule has 1 rings (SSSR count). The van der Waals surface area contributed by atoms with Crippen LogP contribution in [0.2, 0.25) is 0 Å². The van der Waals surface area contributed by atoms with Crippen LogP contribution in [0.25, 0.3) is 0 Å². The van der Waals surface area contributed by atoms with Gasteiger partial charge in [0.1, 0.15) is 6.61 Å². The minimum absolute atomic E-state index is 0.0564. The van der Waals surface area contributed by atoms with Crippen LogP contribution in [-0.2, 0) is 16.1 Å². The average Bonchev–Trinajstić information content (AvgIpc) is 2.14. The molecule has 1 aromatic carbocycles. The lowest BCUT2D eigenvalue weighted by molar-refractivity contribution is -0.129. The van der Waals surface area contributed by atoms with Crippen LogP contribution in [0.1, 0.15) is 26.3 Å². The van der Waals surface area contributed by atoms with Gasteiger partial charge in [0.15, 0.2) is 0 Å². The van der Waals surface area contributed by atoms with Crippen LogP contribution in [0.4, 0.5) is 5.69 Å². The summed E-state index contributed by atoms with van der Waals surface area (Å²) in [6.07, 6.45) is 0. The van der Waals surface area contributed by atoms with E-state index in [0.717, 1.165) is 11.3 Å². The van der Waals surface area contributed by atoms with Crippen molar-refractivity contribution in [3.8, 4) is 0 Å². The summed E-state index contributed by atoms with van der Waals surface area (Å²) in [5.41, 5.74) is 2.11. The van der Waals surface area contributed by atoms with Gasteiger partial charge in [-0.05, 0) is 38.5 Å². The van der Waals surface area contributed by atoms with Crippen LogP contribution in [0.15, 0.2) is 24.3 Å². The van der Waals surface area contributed by atoms with E-state index in [1.54, 1.807) is 0 Å². The number of benzene rings is 1. The summed E-state index contributed by atoms with van der Waals surface area (Å²) >= 11 is 0. The van der Waals surface area contributed by atoms with Crippen LogP contribution >= 0.6 is 0 Å². The van der Waals surface area contributed by atoms with E-state index in [1.165, 1.54) is 0 Å². The van der Waals surface area contributed by atoms with E-state index in [0.29, 0.717) is 13.1 Å². The van der Waals surface area contributed by atoms with Gasteiger partial charge in [-0.2, -0.15) is 0 Å². The number of hydrogen-bond acceptors (Lipinski definition) is 3. The quantitative estimate of drug-likeness (QED) is 0.771. The Hall–Kier alpha value is -1.51. The predicted molar refractivity (Wildman–Crippen MR) is 60.7 cm³/mol. The topological polar surface area (TPSA) is 38.3 Å². The van der Waals surface area contributed by atoms with Crippen molar-refractivity contribution >= 4 is 12.2 Å². The molecule has 0 aromatic heterocycles. The van der Waals surface area contributed by atoms with Gasteiger partial charge >= 0.3 is 0 Å². The predicted octanol–water partition coefficient (Wildman–Crippen LogP) is 2.57. The second kappa shape index (κ2) is 4.82. The standard InChI is InChI=1S/C12H17NO2/c1-12(2,3)13-11-6-4-10(5-7-11)8-15-9-14/h4-7,9,13H,8H2,1-3H3. The van der Waals surface area contributed by atoms with Gasteiger partial charge in [0.25, 0.3) is 6.47 Å². The molecule has 1 aromatic rings. The third kappa shape index (κ3) is 4.49. The summed E-state index contributed by atoms with van der Waals surface area (Å²) in [6, 6.07) is 7.85. The first-order chi connectivity index (χ1) is 7.01. The molecule has 0 unspecified atom stereocenters. The van der Waals surface area contributed by atoms with Gasteiger partial charge in [-0.15, -0.1) is 0 Å². The largest absolute Gasteiger partial charge is 0.463 e. The van der Waals surface area contributed by atoms with Crippen molar-refractivity contribution in [1.29, 1.82) is 0 Å². The van der Waals surface area contributed by atoms with Gasteiger partial charge in [-0.1, -0.05) is 12.1 Å². The highest BCUT2D eigenvalue weighted by atomic mass is 16.5. The molecule has 0 aliphatic carbocycles. The lowest BCUT2D eigenvalue weighted by atomic mass is 10.1. The highest BCUT2D eigenvalue weighted by Crippen LogP contribution is 2.15. The summed E-state index contributed by atoms with van der Waals surface area (Å²) in [5, 5.41) is 3.35. The number of carbonyl (C=O) groups excluding carboxylic acids is 1. The van der Waals surface area contributed by atoms with E-state index in [1.807, 2.05) is 24.3 Å². The fourth-order valence-electron chi connectivity index (χ4n) is 1.25. The summed E-state index contributed by atoms with van der Waals surface area (Å²) in [5.74, 6) is 0. The lowest BCUT2D eigenvalue weighted by Gasteiger charge is -2.22. The summed E-state index contributed by atoms with van der Waals surface area (Å²) in [6.45, 7) is 7.11. The third-order valence-corrected chi connectivity index (χ3v) is 1.79. The van der Waals surface area contributed by atoms with Gasteiger partial charge < -0.3 is 10.1 Å². The highest BCUT2D eigenvalue weighted by Gasteiger charge is 2.08. The van der Waals surface area contributed by atoms with E-state index in [2.05, 4.69) is 30.8 Å². The Bertz CT molecular complexity index is 311. The molecule has 3 heteroatoms. The molecular weight excluding hydrogens is 190 g/mol. The number of carbonyl (C=O) groups is 1. The van der Waals surface area contributed by atoms with Crippen molar-refractivity contribution in [2.45, 2.75) is 32.9 Å². The lowest BCUT2D eigenvalue weighted by Crippen LogP contribution is -2.25. The van der Waals surface area contributed by atoms with Gasteiger partial charge in [0, 0.05) is 11.2 Å². The minimum atomic E-state index is 0.0564. The summed E-state index contributed by atoms with van der Waals surface area (Å²) < 4.78 is 4.66. The fourth-order valence-corrected chi connectivity index (χ4v) is 1.25. The molecule has 0 fully saturated rings. The van der Waals surface area contributed by atoms with E-state index in [4.69, 9.17) is 0 Å².